The Bertz CT molecular complexity index is 924. The first kappa shape index (κ1) is 19.9. The van der Waals surface area contributed by atoms with Gasteiger partial charge in [-0.1, -0.05) is 87.5 Å². The van der Waals surface area contributed by atoms with Crippen LogP contribution in [0.15, 0.2) is 78.9 Å². The molecule has 29 heavy (non-hydrogen) atoms. The molecule has 0 amide bonds. The smallest absolute Gasteiger partial charge is 0.319 e. The van der Waals surface area contributed by atoms with E-state index in [0.29, 0.717) is 0 Å². The average molecular weight is 402 g/mol. The van der Waals surface area contributed by atoms with Crippen molar-refractivity contribution in [3.63, 3.8) is 0 Å². The van der Waals surface area contributed by atoms with E-state index in [2.05, 4.69) is 99.6 Å². The number of hydrogen-bond acceptors (Lipinski definition) is 2. The number of hydrogen-bond donors (Lipinski definition) is 1. The number of benzene rings is 3. The molecule has 3 heteroatoms. The number of nitrogens with two attached hydrogens (primary N) is 1. The first-order chi connectivity index (χ1) is 13.9. The molecular formula is C26H31NOSi. The minimum Gasteiger partial charge on any atom is -0.534 e. The van der Waals surface area contributed by atoms with Crippen LogP contribution in [-0.4, -0.2) is 8.32 Å². The molecule has 0 fully saturated rings. The van der Waals surface area contributed by atoms with Crippen LogP contribution in [0.2, 0.25) is 5.04 Å². The van der Waals surface area contributed by atoms with Gasteiger partial charge >= 0.3 is 8.32 Å². The molecule has 0 bridgehead atoms. The van der Waals surface area contributed by atoms with E-state index in [-0.39, 0.29) is 11.1 Å². The van der Waals surface area contributed by atoms with Crippen molar-refractivity contribution in [2.75, 3.05) is 0 Å². The molecule has 0 saturated carbocycles. The first-order valence-electron chi connectivity index (χ1n) is 10.6. The van der Waals surface area contributed by atoms with E-state index in [1.54, 1.807) is 0 Å². The zero-order valence-corrected chi connectivity index (χ0v) is 18.7. The van der Waals surface area contributed by atoms with E-state index in [0.717, 1.165) is 18.6 Å². The van der Waals surface area contributed by atoms with Crippen LogP contribution in [0.4, 0.5) is 0 Å². The summed E-state index contributed by atoms with van der Waals surface area (Å²) in [5.74, 6) is 0.940. The number of rotatable bonds is 4. The van der Waals surface area contributed by atoms with Gasteiger partial charge in [0.1, 0.15) is 5.75 Å². The maximum absolute atomic E-state index is 7.14. The van der Waals surface area contributed by atoms with Gasteiger partial charge in [0.2, 0.25) is 0 Å². The highest BCUT2D eigenvalue weighted by molar-refractivity contribution is 7.00. The Kier molecular flexibility index (Phi) is 5.37. The number of fused-ring (bicyclic) bond motifs is 1. The van der Waals surface area contributed by atoms with Gasteiger partial charge in [0.25, 0.3) is 0 Å². The Morgan fingerprint density at radius 2 is 1.45 bits per heavy atom. The van der Waals surface area contributed by atoms with Crippen LogP contribution < -0.4 is 20.5 Å². The van der Waals surface area contributed by atoms with Crippen molar-refractivity contribution in [2.24, 2.45) is 5.73 Å². The van der Waals surface area contributed by atoms with Crippen LogP contribution in [0.25, 0.3) is 0 Å². The van der Waals surface area contributed by atoms with Crippen molar-refractivity contribution < 1.29 is 4.43 Å². The highest BCUT2D eigenvalue weighted by Crippen LogP contribution is 2.39. The van der Waals surface area contributed by atoms with E-state index in [1.165, 1.54) is 27.9 Å². The predicted octanol–water partition coefficient (Wildman–Crippen LogP) is 4.96. The Hall–Kier alpha value is -2.36. The van der Waals surface area contributed by atoms with Crippen LogP contribution in [0.5, 0.6) is 5.75 Å². The predicted molar refractivity (Wildman–Crippen MR) is 125 cm³/mol. The average Bonchev–Trinajstić information content (AvgIpc) is 2.73. The van der Waals surface area contributed by atoms with Crippen LogP contribution in [0.3, 0.4) is 0 Å². The van der Waals surface area contributed by atoms with Crippen molar-refractivity contribution in [1.82, 2.24) is 0 Å². The third-order valence-corrected chi connectivity index (χ3v) is 11.1. The van der Waals surface area contributed by atoms with Crippen LogP contribution in [-0.2, 0) is 6.42 Å². The SMILES string of the molecule is CC(C)(C)[Si](Oc1ccc2c(c1)C(N)CCC2)(c1ccccc1)c1ccccc1. The normalized spacial score (nSPS) is 16.9. The quantitative estimate of drug-likeness (QED) is 0.627. The monoisotopic (exact) mass is 401 g/mol. The Balaban J connectivity index is 1.89. The highest BCUT2D eigenvalue weighted by atomic mass is 28.4. The zero-order chi connectivity index (χ0) is 20.5. The summed E-state index contributed by atoms with van der Waals surface area (Å²) in [7, 11) is -2.60. The molecule has 1 atom stereocenters. The van der Waals surface area contributed by atoms with E-state index in [1.807, 2.05) is 0 Å². The summed E-state index contributed by atoms with van der Waals surface area (Å²) in [5, 5.41) is 2.54. The summed E-state index contributed by atoms with van der Waals surface area (Å²) in [4.78, 5) is 0. The first-order valence-corrected chi connectivity index (χ1v) is 12.5. The Morgan fingerprint density at radius 1 is 0.862 bits per heavy atom. The molecule has 1 unspecified atom stereocenters. The molecule has 0 heterocycles. The summed E-state index contributed by atoms with van der Waals surface area (Å²) in [6, 6.07) is 28.3. The number of aryl methyl sites for hydroxylation is 1. The lowest BCUT2D eigenvalue weighted by Gasteiger charge is -2.43. The lowest BCUT2D eigenvalue weighted by Crippen LogP contribution is -2.68. The van der Waals surface area contributed by atoms with Gasteiger partial charge in [0, 0.05) is 6.04 Å². The van der Waals surface area contributed by atoms with Gasteiger partial charge in [-0.15, -0.1) is 0 Å². The van der Waals surface area contributed by atoms with Crippen molar-refractivity contribution in [1.29, 1.82) is 0 Å². The Labute approximate surface area is 175 Å². The molecule has 150 valence electrons. The Morgan fingerprint density at radius 3 is 2.00 bits per heavy atom. The molecular weight excluding hydrogens is 370 g/mol. The lowest BCUT2D eigenvalue weighted by molar-refractivity contribution is 0.502. The molecule has 0 saturated heterocycles. The topological polar surface area (TPSA) is 35.2 Å². The van der Waals surface area contributed by atoms with E-state index in [4.69, 9.17) is 10.2 Å². The van der Waals surface area contributed by atoms with Gasteiger partial charge in [0.15, 0.2) is 0 Å². The third-order valence-electron chi connectivity index (χ3n) is 6.17. The van der Waals surface area contributed by atoms with Crippen molar-refractivity contribution in [2.45, 2.75) is 51.1 Å². The fourth-order valence-corrected chi connectivity index (χ4v) is 9.11. The highest BCUT2D eigenvalue weighted by Gasteiger charge is 2.52. The molecule has 1 aliphatic rings. The largest absolute Gasteiger partial charge is 0.534 e. The maximum Gasteiger partial charge on any atom is 0.319 e. The molecule has 0 radical (unpaired) electrons. The molecule has 4 rings (SSSR count). The molecule has 3 aromatic carbocycles. The van der Waals surface area contributed by atoms with Crippen LogP contribution in [0, 0.1) is 0 Å². The van der Waals surface area contributed by atoms with Gasteiger partial charge in [-0.3, -0.25) is 0 Å². The summed E-state index contributed by atoms with van der Waals surface area (Å²) in [6.45, 7) is 6.93. The van der Waals surface area contributed by atoms with Crippen LogP contribution >= 0.6 is 0 Å². The summed E-state index contributed by atoms with van der Waals surface area (Å²) < 4.78 is 7.14. The van der Waals surface area contributed by atoms with Crippen LogP contribution in [0.1, 0.15) is 50.8 Å². The zero-order valence-electron chi connectivity index (χ0n) is 17.7. The van der Waals surface area contributed by atoms with Gasteiger partial charge in [-0.2, -0.15) is 0 Å². The fourth-order valence-electron chi connectivity index (χ4n) is 4.70. The third kappa shape index (κ3) is 3.65. The molecule has 3 aromatic rings. The summed E-state index contributed by atoms with van der Waals surface area (Å²) in [5.41, 5.74) is 9.07. The minimum atomic E-state index is -2.60. The van der Waals surface area contributed by atoms with E-state index in [9.17, 15) is 0 Å². The fraction of sp³-hybridized carbons (Fsp3) is 0.308. The van der Waals surface area contributed by atoms with E-state index >= 15 is 0 Å². The van der Waals surface area contributed by atoms with Gasteiger partial charge in [0.05, 0.1) is 0 Å². The van der Waals surface area contributed by atoms with Gasteiger partial charge in [-0.25, -0.2) is 0 Å². The second-order valence-corrected chi connectivity index (χ2v) is 13.3. The van der Waals surface area contributed by atoms with E-state index < -0.39 is 8.32 Å². The molecule has 2 nitrogen and oxygen atoms in total. The standard InChI is InChI=1S/C26H31NOSi/c1-26(2,3)29(22-12-6-4-7-13-22,23-14-8-5-9-15-23)28-21-18-17-20-11-10-16-25(27)24(20)19-21/h4-9,12-15,17-19,25H,10-11,16,27H2,1-3H3. The van der Waals surface area contributed by atoms with Gasteiger partial charge < -0.3 is 10.2 Å². The van der Waals surface area contributed by atoms with Crippen molar-refractivity contribution >= 4 is 18.7 Å². The lowest BCUT2D eigenvalue weighted by atomic mass is 9.88. The van der Waals surface area contributed by atoms with Gasteiger partial charge in [-0.05, 0) is 57.9 Å². The molecule has 0 aromatic heterocycles. The summed E-state index contributed by atoms with van der Waals surface area (Å²) in [6.07, 6.45) is 3.33. The molecule has 1 aliphatic carbocycles. The maximum atomic E-state index is 7.14. The van der Waals surface area contributed by atoms with Crippen molar-refractivity contribution in [3.8, 4) is 5.75 Å². The second kappa shape index (κ2) is 7.81. The van der Waals surface area contributed by atoms with Crippen molar-refractivity contribution in [3.05, 3.63) is 90.0 Å². The molecule has 0 spiro atoms. The summed E-state index contributed by atoms with van der Waals surface area (Å²) >= 11 is 0. The minimum absolute atomic E-state index is 0.0479. The molecule has 2 N–H and O–H groups in total. The molecule has 0 aliphatic heterocycles. The second-order valence-electron chi connectivity index (χ2n) is 9.12.